The predicted octanol–water partition coefficient (Wildman–Crippen LogP) is 2.14. The Morgan fingerprint density at radius 2 is 1.72 bits per heavy atom. The van der Waals surface area contributed by atoms with Crippen LogP contribution in [0.15, 0.2) is 41.4 Å². The Kier molecular flexibility index (Phi) is 6.73. The third-order valence-corrected chi connectivity index (χ3v) is 4.56. The summed E-state index contributed by atoms with van der Waals surface area (Å²) in [5, 5.41) is 3.16. The summed E-state index contributed by atoms with van der Waals surface area (Å²) in [4.78, 5) is 4.44. The summed E-state index contributed by atoms with van der Waals surface area (Å²) in [6.45, 7) is 1.66. The molecule has 0 spiro atoms. The van der Waals surface area contributed by atoms with Crippen LogP contribution in [0.4, 0.5) is 5.69 Å². The van der Waals surface area contributed by atoms with Crippen LogP contribution in [0.25, 0.3) is 0 Å². The highest BCUT2D eigenvalue weighted by Gasteiger charge is 2.35. The Balaban J connectivity index is 2.03. The summed E-state index contributed by atoms with van der Waals surface area (Å²) >= 11 is 0. The molecule has 3 rings (SSSR count). The second-order valence-electron chi connectivity index (χ2n) is 6.43. The van der Waals surface area contributed by atoms with E-state index in [1.54, 1.807) is 20.6 Å². The van der Waals surface area contributed by atoms with Crippen LogP contribution in [0.3, 0.4) is 0 Å². The highest BCUT2D eigenvalue weighted by molar-refractivity contribution is 5.74. The molecule has 29 heavy (non-hydrogen) atoms. The van der Waals surface area contributed by atoms with E-state index >= 15 is 0 Å². The van der Waals surface area contributed by atoms with Crippen LogP contribution in [0.2, 0.25) is 0 Å². The average Bonchev–Trinajstić information content (AvgIpc) is 2.75. The summed E-state index contributed by atoms with van der Waals surface area (Å²) in [5.74, 6) is 3.76. The van der Waals surface area contributed by atoms with E-state index in [0.29, 0.717) is 43.6 Å². The van der Waals surface area contributed by atoms with Gasteiger partial charge in [-0.05, 0) is 23.8 Å². The monoisotopic (exact) mass is 395 g/mol. The van der Waals surface area contributed by atoms with Crippen molar-refractivity contribution in [1.82, 2.24) is 5.32 Å². The lowest BCUT2D eigenvalue weighted by Gasteiger charge is -2.35. The number of terminal acetylenes is 1. The molecule has 2 aromatic rings. The molecule has 7 nitrogen and oxygen atoms in total. The van der Waals surface area contributed by atoms with Gasteiger partial charge in [0, 0.05) is 31.4 Å². The maximum absolute atomic E-state index is 6.80. The van der Waals surface area contributed by atoms with Gasteiger partial charge in [-0.3, -0.25) is 0 Å². The Hall–Kier alpha value is -3.05. The van der Waals surface area contributed by atoms with Crippen molar-refractivity contribution >= 4 is 12.0 Å². The summed E-state index contributed by atoms with van der Waals surface area (Å²) < 4.78 is 21.9. The van der Waals surface area contributed by atoms with Gasteiger partial charge in [-0.1, -0.05) is 18.1 Å². The zero-order chi connectivity index (χ0) is 20.7. The van der Waals surface area contributed by atoms with Gasteiger partial charge in [0.15, 0.2) is 11.5 Å². The van der Waals surface area contributed by atoms with Crippen LogP contribution in [0, 0.1) is 12.3 Å². The molecule has 0 bridgehead atoms. The highest BCUT2D eigenvalue weighted by atomic mass is 16.5. The molecule has 0 amide bonds. The normalized spacial score (nSPS) is 17.2. The molecule has 1 heterocycles. The minimum absolute atomic E-state index is 0.372. The molecule has 0 saturated heterocycles. The summed E-state index contributed by atoms with van der Waals surface area (Å²) in [7, 11) is 3.24. The summed E-state index contributed by atoms with van der Waals surface area (Å²) in [5.41, 5.74) is 8.77. The first-order valence-corrected chi connectivity index (χ1v) is 9.20. The number of hydrogen-bond acceptors (Lipinski definition) is 7. The fourth-order valence-electron chi connectivity index (χ4n) is 3.04. The second-order valence-corrected chi connectivity index (χ2v) is 6.43. The van der Waals surface area contributed by atoms with Crippen LogP contribution in [0.1, 0.15) is 16.7 Å². The molecule has 1 aliphatic heterocycles. The molecule has 1 aliphatic rings. The molecule has 152 valence electrons. The van der Waals surface area contributed by atoms with Crippen LogP contribution in [-0.2, 0) is 15.1 Å². The van der Waals surface area contributed by atoms with Crippen LogP contribution in [-0.4, -0.2) is 47.0 Å². The van der Waals surface area contributed by atoms with Crippen molar-refractivity contribution in [2.75, 3.05) is 40.6 Å². The quantitative estimate of drug-likeness (QED) is 0.500. The van der Waals surface area contributed by atoms with Gasteiger partial charge >= 0.3 is 0 Å². The molecule has 0 fully saturated rings. The van der Waals surface area contributed by atoms with Crippen molar-refractivity contribution in [2.24, 2.45) is 10.7 Å². The molecule has 0 radical (unpaired) electrons. The number of nitrogens with one attached hydrogen (secondary N) is 1. The smallest absolute Gasteiger partial charge is 0.163 e. The number of rotatable bonds is 9. The van der Waals surface area contributed by atoms with Gasteiger partial charge < -0.3 is 30.0 Å². The maximum atomic E-state index is 6.80. The van der Waals surface area contributed by atoms with Gasteiger partial charge in [0.05, 0.1) is 25.2 Å². The summed E-state index contributed by atoms with van der Waals surface area (Å²) in [6.07, 6.45) is 7.14. The minimum Gasteiger partial charge on any atom is -0.487 e. The van der Waals surface area contributed by atoms with E-state index in [0.717, 1.165) is 16.7 Å². The Labute approximate surface area is 170 Å². The Morgan fingerprint density at radius 3 is 2.38 bits per heavy atom. The van der Waals surface area contributed by atoms with Crippen molar-refractivity contribution in [3.63, 3.8) is 0 Å². The standard InChI is InChI=1S/C22H25N3O4/c1-4-16-6-5-7-17(12-16)22(23)18-13-20(28-10-8-26-2)21(29-11-9-27-3)14-19(18)24-15-25-22/h1,5-7,12-15H,8-11,23H2,2-3H3,(H,24,25). The first kappa shape index (κ1) is 20.7. The molecule has 0 saturated carbocycles. The number of methoxy groups -OCH3 is 2. The van der Waals surface area contributed by atoms with Gasteiger partial charge in [-0.2, -0.15) is 0 Å². The third-order valence-electron chi connectivity index (χ3n) is 4.56. The summed E-state index contributed by atoms with van der Waals surface area (Å²) in [6, 6.07) is 11.2. The Bertz CT molecular complexity index is 923. The SMILES string of the molecule is C#Cc1cccc(C2(N)NC=Nc3cc(OCCOC)c(OCCOC)cc32)c1. The largest absolute Gasteiger partial charge is 0.487 e. The van der Waals surface area contributed by atoms with E-state index in [-0.39, 0.29) is 0 Å². The van der Waals surface area contributed by atoms with Crippen molar-refractivity contribution < 1.29 is 18.9 Å². The van der Waals surface area contributed by atoms with Crippen LogP contribution in [0.5, 0.6) is 11.5 Å². The average molecular weight is 395 g/mol. The van der Waals surface area contributed by atoms with E-state index in [1.807, 2.05) is 36.4 Å². The van der Waals surface area contributed by atoms with Crippen molar-refractivity contribution in [1.29, 1.82) is 0 Å². The molecule has 0 aromatic heterocycles. The third kappa shape index (κ3) is 4.51. The van der Waals surface area contributed by atoms with E-state index in [4.69, 9.17) is 31.1 Å². The van der Waals surface area contributed by atoms with Crippen molar-refractivity contribution in [3.8, 4) is 23.8 Å². The molecular weight excluding hydrogens is 370 g/mol. The van der Waals surface area contributed by atoms with Gasteiger partial charge in [-0.25, -0.2) is 4.99 Å². The lowest BCUT2D eigenvalue weighted by atomic mass is 9.88. The number of nitrogens with zero attached hydrogens (tertiary/aromatic N) is 1. The second kappa shape index (κ2) is 9.43. The number of aliphatic imine (C=N–C) groups is 1. The van der Waals surface area contributed by atoms with Gasteiger partial charge in [0.25, 0.3) is 0 Å². The predicted molar refractivity (Wildman–Crippen MR) is 112 cm³/mol. The molecule has 3 N–H and O–H groups in total. The molecule has 0 aliphatic carbocycles. The molecule has 1 unspecified atom stereocenters. The van der Waals surface area contributed by atoms with E-state index < -0.39 is 5.66 Å². The topological polar surface area (TPSA) is 87.3 Å². The van der Waals surface area contributed by atoms with Crippen LogP contribution < -0.4 is 20.5 Å². The lowest BCUT2D eigenvalue weighted by molar-refractivity contribution is 0.132. The van der Waals surface area contributed by atoms with Gasteiger partial charge in [0.2, 0.25) is 0 Å². The fraction of sp³-hybridized carbons (Fsp3) is 0.318. The van der Waals surface area contributed by atoms with E-state index in [1.165, 1.54) is 0 Å². The minimum atomic E-state index is -1.02. The number of hydrogen-bond donors (Lipinski definition) is 2. The molecule has 1 atom stereocenters. The molecule has 2 aromatic carbocycles. The first-order valence-electron chi connectivity index (χ1n) is 9.20. The van der Waals surface area contributed by atoms with Gasteiger partial charge in [-0.15, -0.1) is 6.42 Å². The first-order chi connectivity index (χ1) is 14.1. The number of nitrogens with two attached hydrogens (primary N) is 1. The van der Waals surface area contributed by atoms with Crippen LogP contribution >= 0.6 is 0 Å². The zero-order valence-electron chi connectivity index (χ0n) is 16.6. The number of benzene rings is 2. The molecule has 7 heteroatoms. The highest BCUT2D eigenvalue weighted by Crippen LogP contribution is 2.42. The van der Waals surface area contributed by atoms with E-state index in [2.05, 4.69) is 16.2 Å². The maximum Gasteiger partial charge on any atom is 0.163 e. The van der Waals surface area contributed by atoms with Gasteiger partial charge in [0.1, 0.15) is 18.9 Å². The van der Waals surface area contributed by atoms with E-state index in [9.17, 15) is 0 Å². The van der Waals surface area contributed by atoms with Crippen molar-refractivity contribution in [3.05, 3.63) is 53.1 Å². The number of ether oxygens (including phenoxy) is 4. The van der Waals surface area contributed by atoms with Crippen molar-refractivity contribution in [2.45, 2.75) is 5.66 Å². The zero-order valence-corrected chi connectivity index (χ0v) is 16.6. The number of fused-ring (bicyclic) bond motifs is 1. The Morgan fingerprint density at radius 1 is 1.03 bits per heavy atom. The lowest BCUT2D eigenvalue weighted by Crippen LogP contribution is -2.52. The molecular formula is C22H25N3O4. The fourth-order valence-corrected chi connectivity index (χ4v) is 3.04.